The highest BCUT2D eigenvalue weighted by atomic mass is 35.5. The number of hydrogen-bond donors (Lipinski definition) is 0. The van der Waals surface area contributed by atoms with Crippen molar-refractivity contribution in [1.82, 2.24) is 0 Å². The van der Waals surface area contributed by atoms with Crippen LogP contribution < -0.4 is 4.74 Å². The van der Waals surface area contributed by atoms with Crippen LogP contribution in [0.3, 0.4) is 0 Å². The average Bonchev–Trinajstić information content (AvgIpc) is 2.40. The van der Waals surface area contributed by atoms with Crippen LogP contribution in [0.4, 0.5) is 4.39 Å². The molecule has 20 heavy (non-hydrogen) atoms. The van der Waals surface area contributed by atoms with E-state index in [1.165, 1.54) is 31.4 Å². The zero-order valence-corrected chi connectivity index (χ0v) is 12.3. The van der Waals surface area contributed by atoms with Crippen LogP contribution in [0.1, 0.15) is 21.5 Å². The Morgan fingerprint density at radius 3 is 2.40 bits per heavy atom. The van der Waals surface area contributed by atoms with Crippen molar-refractivity contribution in [2.45, 2.75) is 6.92 Å². The molecular weight excluding hydrogens is 302 g/mol. The summed E-state index contributed by atoms with van der Waals surface area (Å²) in [5.41, 5.74) is 0.830. The molecule has 104 valence electrons. The van der Waals surface area contributed by atoms with Crippen LogP contribution in [0.5, 0.6) is 5.75 Å². The Bertz CT molecular complexity index is 684. The molecule has 0 bridgehead atoms. The smallest absolute Gasteiger partial charge is 0.197 e. The van der Waals surface area contributed by atoms with Crippen molar-refractivity contribution in [2.75, 3.05) is 7.11 Å². The molecule has 0 aliphatic heterocycles. The van der Waals surface area contributed by atoms with Crippen molar-refractivity contribution < 1.29 is 13.9 Å². The molecule has 5 heteroatoms. The highest BCUT2D eigenvalue weighted by Gasteiger charge is 2.19. The van der Waals surface area contributed by atoms with E-state index in [-0.39, 0.29) is 21.2 Å². The zero-order chi connectivity index (χ0) is 14.9. The molecule has 0 atom stereocenters. The first kappa shape index (κ1) is 14.8. The van der Waals surface area contributed by atoms with Gasteiger partial charge in [0.2, 0.25) is 0 Å². The molecular formula is C15H11Cl2FO2. The quantitative estimate of drug-likeness (QED) is 0.769. The fourth-order valence-electron chi connectivity index (χ4n) is 1.81. The van der Waals surface area contributed by atoms with E-state index in [0.717, 1.165) is 5.56 Å². The highest BCUT2D eigenvalue weighted by Crippen LogP contribution is 2.32. The standard InChI is InChI=1S/C15H11Cl2FO2/c1-8-3-4-9(13(18)5-8)15(19)10-6-12(17)14(20-2)7-11(10)16/h3-7H,1-2H3. The van der Waals surface area contributed by atoms with Gasteiger partial charge in [0, 0.05) is 11.6 Å². The Labute approximate surface area is 126 Å². The number of methoxy groups -OCH3 is 1. The fraction of sp³-hybridized carbons (Fsp3) is 0.133. The molecule has 0 amide bonds. The summed E-state index contributed by atoms with van der Waals surface area (Å²) in [4.78, 5) is 12.3. The van der Waals surface area contributed by atoms with E-state index in [1.807, 2.05) is 0 Å². The van der Waals surface area contributed by atoms with Crippen molar-refractivity contribution in [3.8, 4) is 5.75 Å². The summed E-state index contributed by atoms with van der Waals surface area (Å²) in [5.74, 6) is -0.743. The number of benzene rings is 2. The van der Waals surface area contributed by atoms with Crippen molar-refractivity contribution >= 4 is 29.0 Å². The highest BCUT2D eigenvalue weighted by molar-refractivity contribution is 6.37. The lowest BCUT2D eigenvalue weighted by molar-refractivity contribution is 0.103. The van der Waals surface area contributed by atoms with Gasteiger partial charge in [-0.15, -0.1) is 0 Å². The van der Waals surface area contributed by atoms with Gasteiger partial charge >= 0.3 is 0 Å². The van der Waals surface area contributed by atoms with Gasteiger partial charge in [0.15, 0.2) is 5.78 Å². The van der Waals surface area contributed by atoms with Crippen LogP contribution in [-0.4, -0.2) is 12.9 Å². The molecule has 0 unspecified atom stereocenters. The summed E-state index contributed by atoms with van der Waals surface area (Å²) in [6, 6.07) is 7.21. The number of carbonyl (C=O) groups excluding carboxylic acids is 1. The first-order chi connectivity index (χ1) is 9.43. The van der Waals surface area contributed by atoms with Crippen molar-refractivity contribution in [1.29, 1.82) is 0 Å². The molecule has 2 nitrogen and oxygen atoms in total. The molecule has 2 aromatic carbocycles. The SMILES string of the molecule is COc1cc(Cl)c(C(=O)c2ccc(C)cc2F)cc1Cl. The van der Waals surface area contributed by atoms with Crippen LogP contribution in [0, 0.1) is 12.7 Å². The number of carbonyl (C=O) groups is 1. The third kappa shape index (κ3) is 2.79. The number of ketones is 1. The Balaban J connectivity index is 2.51. The topological polar surface area (TPSA) is 26.3 Å². The van der Waals surface area contributed by atoms with Gasteiger partial charge in [-0.25, -0.2) is 4.39 Å². The maximum Gasteiger partial charge on any atom is 0.197 e. The minimum atomic E-state index is -0.585. The molecule has 0 aliphatic carbocycles. The van der Waals surface area contributed by atoms with E-state index in [2.05, 4.69) is 0 Å². The molecule has 0 aliphatic rings. The van der Waals surface area contributed by atoms with Gasteiger partial charge in [-0.3, -0.25) is 4.79 Å². The third-order valence-electron chi connectivity index (χ3n) is 2.86. The summed E-state index contributed by atoms with van der Waals surface area (Å²) in [5, 5.41) is 0.406. The van der Waals surface area contributed by atoms with Crippen molar-refractivity contribution in [2.24, 2.45) is 0 Å². The molecule has 2 aromatic rings. The van der Waals surface area contributed by atoms with E-state index in [0.29, 0.717) is 5.75 Å². The molecule has 0 spiro atoms. The number of rotatable bonds is 3. The maximum atomic E-state index is 13.8. The lowest BCUT2D eigenvalue weighted by atomic mass is 10.0. The molecule has 0 saturated heterocycles. The van der Waals surface area contributed by atoms with Gasteiger partial charge in [-0.05, 0) is 30.7 Å². The normalized spacial score (nSPS) is 10.4. The first-order valence-electron chi connectivity index (χ1n) is 5.78. The van der Waals surface area contributed by atoms with Crippen LogP contribution >= 0.6 is 23.2 Å². The predicted molar refractivity (Wildman–Crippen MR) is 77.6 cm³/mol. The largest absolute Gasteiger partial charge is 0.495 e. The maximum absolute atomic E-state index is 13.8. The first-order valence-corrected chi connectivity index (χ1v) is 6.53. The third-order valence-corrected chi connectivity index (χ3v) is 3.46. The van der Waals surface area contributed by atoms with Crippen LogP contribution in [0.2, 0.25) is 10.0 Å². The lowest BCUT2D eigenvalue weighted by Gasteiger charge is -2.09. The fourth-order valence-corrected chi connectivity index (χ4v) is 2.29. The monoisotopic (exact) mass is 312 g/mol. The predicted octanol–water partition coefficient (Wildman–Crippen LogP) is 4.68. The van der Waals surface area contributed by atoms with Gasteiger partial charge in [-0.2, -0.15) is 0 Å². The van der Waals surface area contributed by atoms with Gasteiger partial charge in [0.25, 0.3) is 0 Å². The Morgan fingerprint density at radius 2 is 1.80 bits per heavy atom. The van der Waals surface area contributed by atoms with E-state index in [4.69, 9.17) is 27.9 Å². The van der Waals surface area contributed by atoms with Gasteiger partial charge in [0.1, 0.15) is 11.6 Å². The molecule has 0 saturated carbocycles. The summed E-state index contributed by atoms with van der Waals surface area (Å²) in [6.45, 7) is 1.74. The second-order valence-corrected chi connectivity index (χ2v) is 5.09. The van der Waals surface area contributed by atoms with Crippen LogP contribution in [0.15, 0.2) is 30.3 Å². The van der Waals surface area contributed by atoms with E-state index < -0.39 is 11.6 Å². The van der Waals surface area contributed by atoms with Crippen molar-refractivity contribution in [3.05, 3.63) is 62.9 Å². The summed E-state index contributed by atoms with van der Waals surface area (Å²) >= 11 is 12.0. The average molecular weight is 313 g/mol. The summed E-state index contributed by atoms with van der Waals surface area (Å²) in [6.07, 6.45) is 0. The van der Waals surface area contributed by atoms with Crippen molar-refractivity contribution in [3.63, 3.8) is 0 Å². The van der Waals surface area contributed by atoms with Crippen LogP contribution in [-0.2, 0) is 0 Å². The number of aryl methyl sites for hydroxylation is 1. The van der Waals surface area contributed by atoms with Gasteiger partial charge < -0.3 is 4.74 Å². The number of halogens is 3. The Morgan fingerprint density at radius 1 is 1.10 bits per heavy atom. The second kappa shape index (κ2) is 5.81. The van der Waals surface area contributed by atoms with Gasteiger partial charge in [-0.1, -0.05) is 29.3 Å². The zero-order valence-electron chi connectivity index (χ0n) is 10.8. The molecule has 0 N–H and O–H groups in total. The minimum Gasteiger partial charge on any atom is -0.495 e. The second-order valence-electron chi connectivity index (χ2n) is 4.28. The number of ether oxygens (including phenoxy) is 1. The molecule has 0 radical (unpaired) electrons. The number of hydrogen-bond acceptors (Lipinski definition) is 2. The summed E-state index contributed by atoms with van der Waals surface area (Å²) in [7, 11) is 1.44. The van der Waals surface area contributed by atoms with Crippen LogP contribution in [0.25, 0.3) is 0 Å². The molecule has 0 aromatic heterocycles. The Kier molecular flexibility index (Phi) is 4.31. The van der Waals surface area contributed by atoms with E-state index in [1.54, 1.807) is 13.0 Å². The summed E-state index contributed by atoms with van der Waals surface area (Å²) < 4.78 is 18.8. The lowest BCUT2D eigenvalue weighted by Crippen LogP contribution is -2.06. The molecule has 2 rings (SSSR count). The Hall–Kier alpha value is -1.58. The molecule has 0 heterocycles. The minimum absolute atomic E-state index is 0.0428. The van der Waals surface area contributed by atoms with E-state index in [9.17, 15) is 9.18 Å². The molecule has 0 fully saturated rings. The van der Waals surface area contributed by atoms with E-state index >= 15 is 0 Å². The van der Waals surface area contributed by atoms with Gasteiger partial charge in [0.05, 0.1) is 22.7 Å².